The van der Waals surface area contributed by atoms with E-state index in [1.807, 2.05) is 0 Å². The number of nitrogens with zero attached hydrogens (tertiary/aromatic N) is 5. The van der Waals surface area contributed by atoms with E-state index in [0.717, 1.165) is 0 Å². The third-order valence-corrected chi connectivity index (χ3v) is 4.30. The van der Waals surface area contributed by atoms with E-state index < -0.39 is 0 Å². The predicted octanol–water partition coefficient (Wildman–Crippen LogP) is 1.56. The second-order valence-electron chi connectivity index (χ2n) is 5.58. The van der Waals surface area contributed by atoms with Crippen LogP contribution in [0.15, 0.2) is 46.1 Å². The summed E-state index contributed by atoms with van der Waals surface area (Å²) in [5.74, 6) is 0.584. The predicted molar refractivity (Wildman–Crippen MR) is 93.8 cm³/mol. The third kappa shape index (κ3) is 2.30. The zero-order chi connectivity index (χ0) is 17.7. The first-order valence-electron chi connectivity index (χ1n) is 7.46. The summed E-state index contributed by atoms with van der Waals surface area (Å²) >= 11 is 6.03. The summed E-state index contributed by atoms with van der Waals surface area (Å²) in [4.78, 5) is 28.6. The molecule has 8 nitrogen and oxygen atoms in total. The Balaban J connectivity index is 1.84. The molecule has 0 aliphatic heterocycles. The fourth-order valence-electron chi connectivity index (χ4n) is 2.82. The zero-order valence-corrected chi connectivity index (χ0v) is 14.2. The summed E-state index contributed by atoms with van der Waals surface area (Å²) < 4.78 is 4.17. The topological polar surface area (TPSA) is 90.5 Å². The van der Waals surface area contributed by atoms with Crippen LogP contribution in [0, 0.1) is 6.92 Å². The van der Waals surface area contributed by atoms with Crippen LogP contribution in [0.3, 0.4) is 0 Å². The number of fused-ring (bicyclic) bond motifs is 1. The molecule has 1 aromatic carbocycles. The van der Waals surface area contributed by atoms with Crippen LogP contribution in [0.1, 0.15) is 5.82 Å². The first-order chi connectivity index (χ1) is 12.0. The van der Waals surface area contributed by atoms with Crippen molar-refractivity contribution in [2.24, 2.45) is 7.05 Å². The van der Waals surface area contributed by atoms with E-state index in [-0.39, 0.29) is 16.4 Å². The molecule has 25 heavy (non-hydrogen) atoms. The number of halogens is 1. The van der Waals surface area contributed by atoms with Gasteiger partial charge in [0, 0.05) is 13.2 Å². The van der Waals surface area contributed by atoms with Gasteiger partial charge in [-0.1, -0.05) is 11.6 Å². The number of pyridine rings is 1. The molecule has 0 amide bonds. The minimum Gasteiger partial charge on any atom is -0.287 e. The Labute approximate surface area is 145 Å². The lowest BCUT2D eigenvalue weighted by atomic mass is 10.2. The molecule has 1 N–H and O–H groups in total. The average molecular weight is 357 g/mol. The number of H-pyrrole nitrogens is 1. The molecular weight excluding hydrogens is 344 g/mol. The number of aryl methyl sites for hydroxylation is 2. The number of aromatic nitrogens is 6. The van der Waals surface area contributed by atoms with Crippen LogP contribution < -0.4 is 11.2 Å². The molecule has 0 atom stereocenters. The van der Waals surface area contributed by atoms with Gasteiger partial charge in [-0.05, 0) is 37.3 Å². The summed E-state index contributed by atoms with van der Waals surface area (Å²) in [7, 11) is 1.60. The van der Waals surface area contributed by atoms with Crippen molar-refractivity contribution in [3.05, 3.63) is 68.3 Å². The van der Waals surface area contributed by atoms with E-state index >= 15 is 0 Å². The van der Waals surface area contributed by atoms with E-state index in [2.05, 4.69) is 15.2 Å². The number of rotatable bonds is 2. The molecule has 4 aromatic rings. The van der Waals surface area contributed by atoms with Gasteiger partial charge in [-0.2, -0.15) is 5.10 Å². The number of nitrogens with one attached hydrogen (secondary N) is 1. The summed E-state index contributed by atoms with van der Waals surface area (Å²) in [6, 6.07) is 8.61. The van der Waals surface area contributed by atoms with Gasteiger partial charge < -0.3 is 0 Å². The molecule has 9 heteroatoms. The number of aromatic amines is 1. The van der Waals surface area contributed by atoms with Crippen LogP contribution in [0.25, 0.3) is 22.3 Å². The Morgan fingerprint density at radius 1 is 1.08 bits per heavy atom. The SMILES string of the molecule is Cc1nn(C)c(=O)n1-c1ccc(-n2[nH]c3c(Cl)nccc3c2=O)cc1. The highest BCUT2D eigenvalue weighted by Crippen LogP contribution is 2.18. The molecule has 0 aliphatic rings. The maximum absolute atomic E-state index is 12.5. The molecule has 0 spiro atoms. The van der Waals surface area contributed by atoms with Crippen LogP contribution in [-0.4, -0.2) is 29.1 Å². The molecule has 4 rings (SSSR count). The Kier molecular flexibility index (Phi) is 3.36. The summed E-state index contributed by atoms with van der Waals surface area (Å²) in [6.07, 6.45) is 1.49. The minimum absolute atomic E-state index is 0.221. The second kappa shape index (κ2) is 5.45. The van der Waals surface area contributed by atoms with Crippen molar-refractivity contribution >= 4 is 22.5 Å². The molecule has 0 unspecified atom stereocenters. The molecule has 0 fully saturated rings. The molecule has 3 aromatic heterocycles. The molecular formula is C16H13ClN6O2. The molecule has 0 saturated carbocycles. The first-order valence-corrected chi connectivity index (χ1v) is 7.84. The molecule has 0 radical (unpaired) electrons. The van der Waals surface area contributed by atoms with E-state index in [9.17, 15) is 9.59 Å². The standard InChI is InChI=1S/C16H13ClN6O2/c1-9-19-21(2)16(25)22(9)10-3-5-11(6-4-10)23-15(24)12-7-8-18-14(17)13(12)20-23/h3-8,20H,1-2H3. The lowest BCUT2D eigenvalue weighted by Gasteiger charge is -2.05. The van der Waals surface area contributed by atoms with Crippen molar-refractivity contribution in [1.29, 1.82) is 0 Å². The van der Waals surface area contributed by atoms with Crippen molar-refractivity contribution in [2.75, 3.05) is 0 Å². The Morgan fingerprint density at radius 3 is 2.36 bits per heavy atom. The van der Waals surface area contributed by atoms with Gasteiger partial charge in [0.05, 0.1) is 16.8 Å². The van der Waals surface area contributed by atoms with Gasteiger partial charge >= 0.3 is 5.69 Å². The van der Waals surface area contributed by atoms with E-state index in [0.29, 0.717) is 28.1 Å². The van der Waals surface area contributed by atoms with Gasteiger partial charge in [-0.15, -0.1) is 0 Å². The summed E-state index contributed by atoms with van der Waals surface area (Å²) in [5, 5.41) is 7.76. The quantitative estimate of drug-likeness (QED) is 0.552. The Morgan fingerprint density at radius 2 is 1.76 bits per heavy atom. The smallest absolute Gasteiger partial charge is 0.287 e. The third-order valence-electron chi connectivity index (χ3n) is 4.01. The number of hydrogen-bond acceptors (Lipinski definition) is 4. The highest BCUT2D eigenvalue weighted by molar-refractivity contribution is 6.33. The van der Waals surface area contributed by atoms with E-state index in [1.54, 1.807) is 44.3 Å². The second-order valence-corrected chi connectivity index (χ2v) is 5.94. The van der Waals surface area contributed by atoms with E-state index in [1.165, 1.54) is 20.1 Å². The van der Waals surface area contributed by atoms with Gasteiger partial charge in [0.1, 0.15) is 11.3 Å². The van der Waals surface area contributed by atoms with Crippen LogP contribution in [-0.2, 0) is 7.05 Å². The van der Waals surface area contributed by atoms with Crippen LogP contribution in [0.4, 0.5) is 0 Å². The summed E-state index contributed by atoms with van der Waals surface area (Å²) in [6.45, 7) is 1.76. The Bertz CT molecular complexity index is 1210. The highest BCUT2D eigenvalue weighted by Gasteiger charge is 2.13. The van der Waals surface area contributed by atoms with Gasteiger partial charge in [-0.25, -0.2) is 23.7 Å². The summed E-state index contributed by atoms with van der Waals surface area (Å²) in [5.41, 5.74) is 1.32. The molecule has 126 valence electrons. The molecule has 0 aliphatic carbocycles. The monoisotopic (exact) mass is 356 g/mol. The maximum atomic E-state index is 12.5. The normalized spacial score (nSPS) is 11.3. The zero-order valence-electron chi connectivity index (χ0n) is 13.4. The van der Waals surface area contributed by atoms with Crippen molar-refractivity contribution in [3.63, 3.8) is 0 Å². The number of benzene rings is 1. The lowest BCUT2D eigenvalue weighted by Crippen LogP contribution is -2.22. The average Bonchev–Trinajstić information content (AvgIpc) is 3.06. The van der Waals surface area contributed by atoms with Gasteiger partial charge in [-0.3, -0.25) is 9.89 Å². The van der Waals surface area contributed by atoms with Crippen LogP contribution >= 0.6 is 11.6 Å². The largest absolute Gasteiger partial charge is 0.350 e. The maximum Gasteiger partial charge on any atom is 0.350 e. The van der Waals surface area contributed by atoms with Crippen LogP contribution in [0.5, 0.6) is 0 Å². The van der Waals surface area contributed by atoms with E-state index in [4.69, 9.17) is 11.6 Å². The van der Waals surface area contributed by atoms with Gasteiger partial charge in [0.2, 0.25) is 0 Å². The molecule has 0 saturated heterocycles. The fourth-order valence-corrected chi connectivity index (χ4v) is 3.02. The highest BCUT2D eigenvalue weighted by atomic mass is 35.5. The van der Waals surface area contributed by atoms with Crippen molar-refractivity contribution in [1.82, 2.24) is 29.1 Å². The molecule has 3 heterocycles. The minimum atomic E-state index is -0.231. The Hall–Kier alpha value is -3.13. The van der Waals surface area contributed by atoms with Crippen molar-refractivity contribution in [2.45, 2.75) is 6.92 Å². The van der Waals surface area contributed by atoms with Crippen molar-refractivity contribution in [3.8, 4) is 11.4 Å². The lowest BCUT2D eigenvalue weighted by molar-refractivity contribution is 0.723. The molecule has 0 bridgehead atoms. The van der Waals surface area contributed by atoms with Gasteiger partial charge in [0.25, 0.3) is 5.56 Å². The number of hydrogen-bond donors (Lipinski definition) is 1. The van der Waals surface area contributed by atoms with Crippen molar-refractivity contribution < 1.29 is 0 Å². The van der Waals surface area contributed by atoms with Gasteiger partial charge in [0.15, 0.2) is 5.15 Å². The first kappa shape index (κ1) is 15.4. The van der Waals surface area contributed by atoms with Crippen LogP contribution in [0.2, 0.25) is 5.15 Å². The fraction of sp³-hybridized carbons (Fsp3) is 0.125.